The molecule has 0 saturated carbocycles. The Balaban J connectivity index is 2.82. The molecule has 0 radical (unpaired) electrons. The summed E-state index contributed by atoms with van der Waals surface area (Å²) in [5, 5.41) is 0. The first-order chi connectivity index (χ1) is 7.90. The molecule has 0 aliphatic heterocycles. The van der Waals surface area contributed by atoms with E-state index in [1.54, 1.807) is 0 Å². The topological polar surface area (TPSA) is 29.3 Å². The van der Waals surface area contributed by atoms with E-state index in [2.05, 4.69) is 0 Å². The zero-order chi connectivity index (χ0) is 13.0. The van der Waals surface area contributed by atoms with Gasteiger partial charge in [0, 0.05) is 30.8 Å². The molecule has 0 unspecified atom stereocenters. The van der Waals surface area contributed by atoms with Gasteiger partial charge in [0.05, 0.1) is 4.99 Å². The molecule has 0 aromatic heterocycles. The van der Waals surface area contributed by atoms with Gasteiger partial charge in [-0.15, -0.1) is 0 Å². The Bertz CT molecular complexity index is 407. The largest absolute Gasteiger partial charge is 0.392 e. The Kier molecular flexibility index (Phi) is 4.96. The highest BCUT2D eigenvalue weighted by Crippen LogP contribution is 2.13. The first kappa shape index (κ1) is 14.0. The van der Waals surface area contributed by atoms with E-state index in [0.29, 0.717) is 23.6 Å². The maximum absolute atomic E-state index is 13.5. The van der Waals surface area contributed by atoms with E-state index in [1.807, 2.05) is 18.7 Å². The predicted octanol–water partition coefficient (Wildman–Crippen LogP) is 2.46. The van der Waals surface area contributed by atoms with Gasteiger partial charge in [-0.25, -0.2) is 8.78 Å². The van der Waals surface area contributed by atoms with E-state index in [4.69, 9.17) is 18.0 Å². The smallest absolute Gasteiger partial charge is 0.130 e. The number of rotatable bonds is 5. The molecule has 0 heterocycles. The Morgan fingerprint density at radius 3 is 2.53 bits per heavy atom. The standard InChI is InChI=1S/C12H16F2N2S/c1-8(2)16(7-12(15)17)6-9-3-4-10(13)5-11(9)14/h3-5,8H,6-7H2,1-2H3,(H2,15,17). The van der Waals surface area contributed by atoms with Crippen molar-refractivity contribution in [3.05, 3.63) is 35.4 Å². The molecular formula is C12H16F2N2S. The van der Waals surface area contributed by atoms with Crippen molar-refractivity contribution in [3.63, 3.8) is 0 Å². The highest BCUT2D eigenvalue weighted by Gasteiger charge is 2.13. The summed E-state index contributed by atoms with van der Waals surface area (Å²) in [6.45, 7) is 4.73. The van der Waals surface area contributed by atoms with Crippen LogP contribution in [0.2, 0.25) is 0 Å². The third kappa shape index (κ3) is 4.36. The SMILES string of the molecule is CC(C)N(CC(N)=S)Cc1ccc(F)cc1F. The van der Waals surface area contributed by atoms with Gasteiger partial charge in [0.2, 0.25) is 0 Å². The molecule has 1 aromatic rings. The summed E-state index contributed by atoms with van der Waals surface area (Å²) in [7, 11) is 0. The van der Waals surface area contributed by atoms with Gasteiger partial charge in [0.1, 0.15) is 11.6 Å². The van der Waals surface area contributed by atoms with E-state index >= 15 is 0 Å². The molecule has 1 aromatic carbocycles. The molecule has 0 saturated heterocycles. The van der Waals surface area contributed by atoms with Gasteiger partial charge in [-0.3, -0.25) is 4.90 Å². The quantitative estimate of drug-likeness (QED) is 0.823. The predicted molar refractivity (Wildman–Crippen MR) is 68.7 cm³/mol. The number of thiocarbonyl (C=S) groups is 1. The maximum atomic E-state index is 13.5. The zero-order valence-corrected chi connectivity index (χ0v) is 10.7. The monoisotopic (exact) mass is 258 g/mol. The van der Waals surface area contributed by atoms with Crippen LogP contribution in [0.3, 0.4) is 0 Å². The van der Waals surface area contributed by atoms with Crippen molar-refractivity contribution in [2.75, 3.05) is 6.54 Å². The van der Waals surface area contributed by atoms with Crippen molar-refractivity contribution in [3.8, 4) is 0 Å². The summed E-state index contributed by atoms with van der Waals surface area (Å²) in [5.41, 5.74) is 5.92. The van der Waals surface area contributed by atoms with Crippen molar-refractivity contribution < 1.29 is 8.78 Å². The summed E-state index contributed by atoms with van der Waals surface area (Å²) in [5.74, 6) is -1.12. The average Bonchev–Trinajstić information content (AvgIpc) is 2.19. The minimum absolute atomic E-state index is 0.181. The van der Waals surface area contributed by atoms with E-state index in [-0.39, 0.29) is 6.04 Å². The second kappa shape index (κ2) is 6.02. The summed E-state index contributed by atoms with van der Waals surface area (Å²) >= 11 is 4.84. The maximum Gasteiger partial charge on any atom is 0.130 e. The Morgan fingerprint density at radius 2 is 2.06 bits per heavy atom. The van der Waals surface area contributed by atoms with Gasteiger partial charge in [-0.05, 0) is 19.9 Å². The molecule has 0 fully saturated rings. The summed E-state index contributed by atoms with van der Waals surface area (Å²) < 4.78 is 26.2. The van der Waals surface area contributed by atoms with Crippen LogP contribution in [0.25, 0.3) is 0 Å². The van der Waals surface area contributed by atoms with E-state index in [9.17, 15) is 8.78 Å². The molecule has 0 amide bonds. The number of hydrogen-bond acceptors (Lipinski definition) is 2. The van der Waals surface area contributed by atoms with Crippen LogP contribution in [-0.2, 0) is 6.54 Å². The number of halogens is 2. The van der Waals surface area contributed by atoms with Crippen LogP contribution in [0.1, 0.15) is 19.4 Å². The Labute approximate surface area is 105 Å². The average molecular weight is 258 g/mol. The van der Waals surface area contributed by atoms with Crippen LogP contribution in [0.15, 0.2) is 18.2 Å². The van der Waals surface area contributed by atoms with Crippen molar-refractivity contribution in [2.24, 2.45) is 5.73 Å². The van der Waals surface area contributed by atoms with Crippen molar-refractivity contribution in [2.45, 2.75) is 26.4 Å². The molecule has 0 spiro atoms. The lowest BCUT2D eigenvalue weighted by atomic mass is 10.1. The number of benzene rings is 1. The molecule has 1 rings (SSSR count). The van der Waals surface area contributed by atoms with E-state index in [1.165, 1.54) is 12.1 Å². The Hall–Kier alpha value is -1.07. The van der Waals surface area contributed by atoms with Gasteiger partial charge >= 0.3 is 0 Å². The van der Waals surface area contributed by atoms with E-state index < -0.39 is 11.6 Å². The van der Waals surface area contributed by atoms with Crippen LogP contribution in [0.4, 0.5) is 8.78 Å². The van der Waals surface area contributed by atoms with Gasteiger partial charge in [-0.1, -0.05) is 18.3 Å². The highest BCUT2D eigenvalue weighted by molar-refractivity contribution is 7.80. The Morgan fingerprint density at radius 1 is 1.41 bits per heavy atom. The first-order valence-electron chi connectivity index (χ1n) is 5.36. The molecule has 0 aliphatic carbocycles. The van der Waals surface area contributed by atoms with Crippen molar-refractivity contribution in [1.82, 2.24) is 4.90 Å². The molecular weight excluding hydrogens is 242 g/mol. The molecule has 5 heteroatoms. The van der Waals surface area contributed by atoms with Crippen molar-refractivity contribution in [1.29, 1.82) is 0 Å². The fraction of sp³-hybridized carbons (Fsp3) is 0.417. The molecule has 94 valence electrons. The second-order valence-electron chi connectivity index (χ2n) is 4.20. The van der Waals surface area contributed by atoms with Crippen molar-refractivity contribution >= 4 is 17.2 Å². The van der Waals surface area contributed by atoms with Crippen LogP contribution < -0.4 is 5.73 Å². The summed E-state index contributed by atoms with van der Waals surface area (Å²) in [6, 6.07) is 3.76. The van der Waals surface area contributed by atoms with Crippen LogP contribution in [0, 0.1) is 11.6 Å². The second-order valence-corrected chi connectivity index (χ2v) is 4.73. The molecule has 17 heavy (non-hydrogen) atoms. The normalized spacial score (nSPS) is 11.2. The summed E-state index contributed by atoms with van der Waals surface area (Å²) in [4.78, 5) is 2.29. The third-order valence-corrected chi connectivity index (χ3v) is 2.61. The van der Waals surface area contributed by atoms with Gasteiger partial charge < -0.3 is 5.73 Å². The highest BCUT2D eigenvalue weighted by atomic mass is 32.1. The molecule has 2 nitrogen and oxygen atoms in total. The molecule has 0 bridgehead atoms. The molecule has 0 atom stereocenters. The third-order valence-electron chi connectivity index (χ3n) is 2.48. The number of nitrogens with two attached hydrogens (primary N) is 1. The fourth-order valence-corrected chi connectivity index (χ4v) is 1.66. The van der Waals surface area contributed by atoms with Gasteiger partial charge in [0.15, 0.2) is 0 Å². The van der Waals surface area contributed by atoms with Gasteiger partial charge in [-0.2, -0.15) is 0 Å². The minimum atomic E-state index is -0.573. The van der Waals surface area contributed by atoms with Crippen LogP contribution >= 0.6 is 12.2 Å². The lowest BCUT2D eigenvalue weighted by molar-refractivity contribution is 0.242. The lowest BCUT2D eigenvalue weighted by Crippen LogP contribution is -2.37. The molecule has 0 aliphatic rings. The fourth-order valence-electron chi connectivity index (χ4n) is 1.49. The van der Waals surface area contributed by atoms with Crippen LogP contribution in [0.5, 0.6) is 0 Å². The van der Waals surface area contributed by atoms with E-state index in [0.717, 1.165) is 6.07 Å². The van der Waals surface area contributed by atoms with Gasteiger partial charge in [0.25, 0.3) is 0 Å². The number of nitrogens with zero attached hydrogens (tertiary/aromatic N) is 1. The number of hydrogen-bond donors (Lipinski definition) is 1. The first-order valence-corrected chi connectivity index (χ1v) is 5.77. The van der Waals surface area contributed by atoms with Crippen LogP contribution in [-0.4, -0.2) is 22.5 Å². The summed E-state index contributed by atoms with van der Waals surface area (Å²) in [6.07, 6.45) is 0. The molecule has 2 N–H and O–H groups in total. The minimum Gasteiger partial charge on any atom is -0.392 e. The zero-order valence-electron chi connectivity index (χ0n) is 9.91. The lowest BCUT2D eigenvalue weighted by Gasteiger charge is -2.26.